The van der Waals surface area contributed by atoms with Crippen LogP contribution in [0.1, 0.15) is 40.0 Å². The number of aliphatic carboxylic acids is 1. The van der Waals surface area contributed by atoms with Gasteiger partial charge in [-0.25, -0.2) is 0 Å². The first-order chi connectivity index (χ1) is 8.54. The highest BCUT2D eigenvalue weighted by Crippen LogP contribution is 2.11. The maximum Gasteiger partial charge on any atom is 0.307 e. The van der Waals surface area contributed by atoms with Gasteiger partial charge in [0.2, 0.25) is 0 Å². The van der Waals surface area contributed by atoms with Gasteiger partial charge in [-0.3, -0.25) is 9.69 Å². The Morgan fingerprint density at radius 2 is 1.94 bits per heavy atom. The number of carbonyl (C=O) groups is 1. The molecular weight excluding hydrogens is 228 g/mol. The molecule has 0 aliphatic carbocycles. The van der Waals surface area contributed by atoms with Crippen molar-refractivity contribution in [2.75, 3.05) is 32.7 Å². The van der Waals surface area contributed by atoms with Crippen molar-refractivity contribution < 1.29 is 9.90 Å². The molecule has 0 aromatic rings. The average molecular weight is 256 g/mol. The lowest BCUT2D eigenvalue weighted by molar-refractivity contribution is -0.141. The lowest BCUT2D eigenvalue weighted by atomic mass is 10.1. The molecule has 0 radical (unpaired) electrons. The molecule has 1 heterocycles. The minimum Gasteiger partial charge on any atom is -0.481 e. The van der Waals surface area contributed by atoms with E-state index in [-0.39, 0.29) is 5.92 Å². The van der Waals surface area contributed by atoms with Crippen LogP contribution < -0.4 is 0 Å². The third kappa shape index (κ3) is 4.94. The van der Waals surface area contributed by atoms with E-state index in [1.54, 1.807) is 6.92 Å². The minimum absolute atomic E-state index is 0.280. The zero-order valence-electron chi connectivity index (χ0n) is 12.1. The lowest BCUT2D eigenvalue weighted by Gasteiger charge is -2.31. The van der Waals surface area contributed by atoms with Crippen molar-refractivity contribution in [3.8, 4) is 0 Å². The van der Waals surface area contributed by atoms with E-state index >= 15 is 0 Å². The standard InChI is InChI=1S/C14H28N2O2/c1-4-13(3)16(11-12(2)14(17)18)10-9-15-7-5-6-8-15/h12-13H,4-11H2,1-3H3,(H,17,18). The fourth-order valence-corrected chi connectivity index (χ4v) is 2.46. The second-order valence-electron chi connectivity index (χ2n) is 5.54. The molecule has 1 saturated heterocycles. The van der Waals surface area contributed by atoms with E-state index in [1.165, 1.54) is 25.9 Å². The van der Waals surface area contributed by atoms with Crippen LogP contribution >= 0.6 is 0 Å². The van der Waals surface area contributed by atoms with E-state index in [2.05, 4.69) is 23.6 Å². The average Bonchev–Trinajstić information content (AvgIpc) is 2.85. The van der Waals surface area contributed by atoms with Gasteiger partial charge in [0.05, 0.1) is 5.92 Å². The fraction of sp³-hybridized carbons (Fsp3) is 0.929. The van der Waals surface area contributed by atoms with Crippen molar-refractivity contribution in [3.63, 3.8) is 0 Å². The van der Waals surface area contributed by atoms with Crippen molar-refractivity contribution in [1.82, 2.24) is 9.80 Å². The monoisotopic (exact) mass is 256 g/mol. The molecule has 0 aromatic heterocycles. The van der Waals surface area contributed by atoms with Crippen LogP contribution in [0.25, 0.3) is 0 Å². The van der Waals surface area contributed by atoms with Crippen LogP contribution in [0.3, 0.4) is 0 Å². The zero-order chi connectivity index (χ0) is 13.5. The summed E-state index contributed by atoms with van der Waals surface area (Å²) in [6, 6.07) is 0.467. The van der Waals surface area contributed by atoms with E-state index in [1.807, 2.05) is 0 Å². The van der Waals surface area contributed by atoms with E-state index in [9.17, 15) is 4.79 Å². The number of hydrogen-bond acceptors (Lipinski definition) is 3. The summed E-state index contributed by atoms with van der Waals surface area (Å²) in [4.78, 5) is 15.8. The quantitative estimate of drug-likeness (QED) is 0.720. The summed E-state index contributed by atoms with van der Waals surface area (Å²) in [7, 11) is 0. The smallest absolute Gasteiger partial charge is 0.307 e. The van der Waals surface area contributed by atoms with Gasteiger partial charge in [-0.2, -0.15) is 0 Å². The molecule has 0 bridgehead atoms. The molecule has 106 valence electrons. The molecule has 0 saturated carbocycles. The predicted molar refractivity (Wildman–Crippen MR) is 73.8 cm³/mol. The highest BCUT2D eigenvalue weighted by Gasteiger charge is 2.21. The van der Waals surface area contributed by atoms with Crippen molar-refractivity contribution in [2.24, 2.45) is 5.92 Å². The SMILES string of the molecule is CCC(C)N(CCN1CCCC1)CC(C)C(=O)O. The van der Waals surface area contributed by atoms with Crippen molar-refractivity contribution in [1.29, 1.82) is 0 Å². The molecule has 0 amide bonds. The molecule has 4 heteroatoms. The number of carboxylic acid groups (broad SMARTS) is 1. The van der Waals surface area contributed by atoms with Gasteiger partial charge in [0.25, 0.3) is 0 Å². The minimum atomic E-state index is -0.690. The van der Waals surface area contributed by atoms with Gasteiger partial charge in [0.15, 0.2) is 0 Å². The Hall–Kier alpha value is -0.610. The molecule has 4 nitrogen and oxygen atoms in total. The Morgan fingerprint density at radius 1 is 1.33 bits per heavy atom. The Morgan fingerprint density at radius 3 is 2.44 bits per heavy atom. The van der Waals surface area contributed by atoms with Gasteiger partial charge in [-0.15, -0.1) is 0 Å². The highest BCUT2D eigenvalue weighted by atomic mass is 16.4. The zero-order valence-corrected chi connectivity index (χ0v) is 12.1. The fourth-order valence-electron chi connectivity index (χ4n) is 2.46. The maximum atomic E-state index is 11.0. The van der Waals surface area contributed by atoms with Crippen LogP contribution in [0.2, 0.25) is 0 Å². The molecule has 1 aliphatic heterocycles. The Kier molecular flexibility index (Phi) is 6.65. The summed E-state index contributed by atoms with van der Waals surface area (Å²) in [6.07, 6.45) is 3.70. The van der Waals surface area contributed by atoms with E-state index in [4.69, 9.17) is 5.11 Å². The Balaban J connectivity index is 2.41. The van der Waals surface area contributed by atoms with Crippen molar-refractivity contribution >= 4 is 5.97 Å². The Labute approximate surface area is 111 Å². The first-order valence-electron chi connectivity index (χ1n) is 7.23. The van der Waals surface area contributed by atoms with E-state index in [0.717, 1.165) is 19.5 Å². The molecule has 1 aliphatic rings. The number of rotatable bonds is 8. The second-order valence-corrected chi connectivity index (χ2v) is 5.54. The van der Waals surface area contributed by atoms with Crippen molar-refractivity contribution in [3.05, 3.63) is 0 Å². The van der Waals surface area contributed by atoms with Crippen LogP contribution in [-0.4, -0.2) is 59.6 Å². The lowest BCUT2D eigenvalue weighted by Crippen LogP contribution is -2.42. The van der Waals surface area contributed by atoms with Gasteiger partial charge >= 0.3 is 5.97 Å². The molecule has 1 N–H and O–H groups in total. The van der Waals surface area contributed by atoms with Gasteiger partial charge in [-0.05, 0) is 39.3 Å². The third-order valence-corrected chi connectivity index (χ3v) is 4.05. The summed E-state index contributed by atoms with van der Waals surface area (Å²) in [5.74, 6) is -0.970. The number of likely N-dealkylation sites (tertiary alicyclic amines) is 1. The van der Waals surface area contributed by atoms with E-state index < -0.39 is 5.97 Å². The predicted octanol–water partition coefficient (Wildman–Crippen LogP) is 1.90. The first-order valence-corrected chi connectivity index (χ1v) is 7.23. The summed E-state index contributed by atoms with van der Waals surface area (Å²) < 4.78 is 0. The van der Waals surface area contributed by atoms with Gasteiger partial charge in [0.1, 0.15) is 0 Å². The molecular formula is C14H28N2O2. The topological polar surface area (TPSA) is 43.8 Å². The van der Waals surface area contributed by atoms with Crippen LogP contribution in [0.15, 0.2) is 0 Å². The van der Waals surface area contributed by atoms with Gasteiger partial charge in [-0.1, -0.05) is 13.8 Å². The van der Waals surface area contributed by atoms with Crippen LogP contribution in [-0.2, 0) is 4.79 Å². The summed E-state index contributed by atoms with van der Waals surface area (Å²) in [5.41, 5.74) is 0. The molecule has 1 rings (SSSR count). The second kappa shape index (κ2) is 7.74. The third-order valence-electron chi connectivity index (χ3n) is 4.05. The summed E-state index contributed by atoms with van der Waals surface area (Å²) >= 11 is 0. The molecule has 2 unspecified atom stereocenters. The van der Waals surface area contributed by atoms with Crippen molar-refractivity contribution in [2.45, 2.75) is 46.1 Å². The molecule has 2 atom stereocenters. The molecule has 18 heavy (non-hydrogen) atoms. The van der Waals surface area contributed by atoms with Crippen LogP contribution in [0.4, 0.5) is 0 Å². The number of carboxylic acids is 1. The van der Waals surface area contributed by atoms with Crippen LogP contribution in [0, 0.1) is 5.92 Å². The maximum absolute atomic E-state index is 11.0. The Bertz CT molecular complexity index is 252. The largest absolute Gasteiger partial charge is 0.481 e. The molecule has 0 spiro atoms. The van der Waals surface area contributed by atoms with Gasteiger partial charge in [0, 0.05) is 25.7 Å². The van der Waals surface area contributed by atoms with Crippen LogP contribution in [0.5, 0.6) is 0 Å². The summed E-state index contributed by atoms with van der Waals surface area (Å²) in [5, 5.41) is 9.03. The number of hydrogen-bond donors (Lipinski definition) is 1. The first kappa shape index (κ1) is 15.4. The molecule has 0 aromatic carbocycles. The highest BCUT2D eigenvalue weighted by molar-refractivity contribution is 5.69. The number of nitrogens with zero attached hydrogens (tertiary/aromatic N) is 2. The summed E-state index contributed by atoms with van der Waals surface area (Å²) in [6.45, 7) is 11.3. The van der Waals surface area contributed by atoms with E-state index in [0.29, 0.717) is 12.6 Å². The normalized spacial score (nSPS) is 20.2. The molecule has 1 fully saturated rings. The van der Waals surface area contributed by atoms with Gasteiger partial charge < -0.3 is 10.0 Å².